The first-order chi connectivity index (χ1) is 14.8. The van der Waals surface area contributed by atoms with Crippen LogP contribution in [0.25, 0.3) is 0 Å². The molecule has 0 saturated carbocycles. The first-order valence-corrected chi connectivity index (χ1v) is 12.8. The van der Waals surface area contributed by atoms with Crippen LogP contribution in [0.15, 0.2) is 54.6 Å². The number of nitrogens with zero attached hydrogens (tertiary/aromatic N) is 1. The molecule has 0 atom stereocenters. The molecule has 31 heavy (non-hydrogen) atoms. The van der Waals surface area contributed by atoms with Gasteiger partial charge in [-0.05, 0) is 48.4 Å². The van der Waals surface area contributed by atoms with Crippen LogP contribution in [0, 0.1) is 5.92 Å². The molecule has 0 N–H and O–H groups in total. The van der Waals surface area contributed by atoms with E-state index in [1.807, 2.05) is 73.3 Å². The zero-order chi connectivity index (χ0) is 22.3. The molecule has 2 aromatic rings. The highest BCUT2D eigenvalue weighted by atomic mass is 32.2. The summed E-state index contributed by atoms with van der Waals surface area (Å²) >= 11 is 0. The lowest BCUT2D eigenvalue weighted by atomic mass is 10.1. The molecule has 0 unspecified atom stereocenters. The Labute approximate surface area is 186 Å². The predicted octanol–water partition coefficient (Wildman–Crippen LogP) is 4.26. The van der Waals surface area contributed by atoms with Gasteiger partial charge in [-0.1, -0.05) is 56.3 Å². The number of piperidine rings is 1. The number of rotatable bonds is 9. The van der Waals surface area contributed by atoms with Crippen LogP contribution < -0.4 is 4.74 Å². The maximum atomic E-state index is 12.6. The molecule has 0 aliphatic carbocycles. The van der Waals surface area contributed by atoms with Crippen LogP contribution in [0.3, 0.4) is 0 Å². The summed E-state index contributed by atoms with van der Waals surface area (Å²) in [7, 11) is -3.07. The van der Waals surface area contributed by atoms with Gasteiger partial charge in [0.25, 0.3) is 0 Å². The molecule has 1 fully saturated rings. The Hall–Kier alpha value is -2.34. The van der Waals surface area contributed by atoms with Crippen molar-refractivity contribution in [2.75, 3.05) is 18.8 Å². The Balaban J connectivity index is 1.46. The standard InChI is InChI=1S/C25H33NO4S/c1-20(2)19-31(28,29)24-13-15-26(16-14-24)25(27)12-11-21-9-6-10-23(17-21)30-18-22-7-4-3-5-8-22/h3-10,17,20,24H,11-16,18-19H2,1-2H3. The third kappa shape index (κ3) is 7.10. The van der Waals surface area contributed by atoms with Crippen LogP contribution in [0.2, 0.25) is 0 Å². The van der Waals surface area contributed by atoms with Gasteiger partial charge in [0.15, 0.2) is 9.84 Å². The van der Waals surface area contributed by atoms with Crippen LogP contribution in [0.1, 0.15) is 44.2 Å². The highest BCUT2D eigenvalue weighted by Crippen LogP contribution is 2.22. The Morgan fingerprint density at radius 1 is 1.03 bits per heavy atom. The van der Waals surface area contributed by atoms with E-state index in [1.54, 1.807) is 0 Å². The van der Waals surface area contributed by atoms with Gasteiger partial charge in [-0.3, -0.25) is 4.79 Å². The first kappa shape index (κ1) is 23.3. The molecule has 3 rings (SSSR count). The van der Waals surface area contributed by atoms with Crippen molar-refractivity contribution in [2.45, 2.75) is 51.4 Å². The monoisotopic (exact) mass is 443 g/mol. The first-order valence-electron chi connectivity index (χ1n) is 11.1. The van der Waals surface area contributed by atoms with Crippen LogP contribution in [0.4, 0.5) is 0 Å². The molecular formula is C25H33NO4S. The molecule has 1 amide bonds. The largest absolute Gasteiger partial charge is 0.489 e. The Bertz CT molecular complexity index is 948. The van der Waals surface area contributed by atoms with Gasteiger partial charge in [0, 0.05) is 19.5 Å². The van der Waals surface area contributed by atoms with Gasteiger partial charge in [0.1, 0.15) is 12.4 Å². The summed E-state index contributed by atoms with van der Waals surface area (Å²) in [6, 6.07) is 17.9. The minimum absolute atomic E-state index is 0.0929. The fraction of sp³-hybridized carbons (Fsp3) is 0.480. The second-order valence-electron chi connectivity index (χ2n) is 8.73. The fourth-order valence-corrected chi connectivity index (χ4v) is 6.14. The molecule has 0 aromatic heterocycles. The second kappa shape index (κ2) is 10.8. The van der Waals surface area contributed by atoms with Crippen LogP contribution in [0.5, 0.6) is 5.75 Å². The molecule has 0 bridgehead atoms. The summed E-state index contributed by atoms with van der Waals surface area (Å²) in [5.74, 6) is 1.26. The third-order valence-corrected chi connectivity index (χ3v) is 8.26. The summed E-state index contributed by atoms with van der Waals surface area (Å²) in [6.45, 7) is 5.43. The number of hydrogen-bond donors (Lipinski definition) is 0. The average Bonchev–Trinajstić information content (AvgIpc) is 2.76. The molecule has 2 aromatic carbocycles. The van der Waals surface area contributed by atoms with E-state index < -0.39 is 9.84 Å². The van der Waals surface area contributed by atoms with E-state index >= 15 is 0 Å². The SMILES string of the molecule is CC(C)CS(=O)(=O)C1CCN(C(=O)CCc2cccc(OCc3ccccc3)c2)CC1. The van der Waals surface area contributed by atoms with Crippen LogP contribution in [-0.2, 0) is 27.7 Å². The van der Waals surface area contributed by atoms with Crippen molar-refractivity contribution in [1.82, 2.24) is 4.90 Å². The molecule has 1 aliphatic rings. The summed E-state index contributed by atoms with van der Waals surface area (Å²) in [5.41, 5.74) is 2.18. The van der Waals surface area contributed by atoms with Crippen molar-refractivity contribution in [2.24, 2.45) is 5.92 Å². The van der Waals surface area contributed by atoms with E-state index in [0.29, 0.717) is 45.4 Å². The number of sulfone groups is 1. The van der Waals surface area contributed by atoms with Gasteiger partial charge >= 0.3 is 0 Å². The highest BCUT2D eigenvalue weighted by molar-refractivity contribution is 7.92. The molecule has 5 nitrogen and oxygen atoms in total. The summed E-state index contributed by atoms with van der Waals surface area (Å²) in [6.07, 6.45) is 2.16. The quantitative estimate of drug-likeness (QED) is 0.581. The lowest BCUT2D eigenvalue weighted by Gasteiger charge is -2.32. The van der Waals surface area contributed by atoms with Crippen molar-refractivity contribution in [1.29, 1.82) is 0 Å². The number of likely N-dealkylation sites (tertiary alicyclic amines) is 1. The lowest BCUT2D eigenvalue weighted by Crippen LogP contribution is -2.43. The number of hydrogen-bond acceptors (Lipinski definition) is 4. The van der Waals surface area contributed by atoms with Crippen molar-refractivity contribution in [3.8, 4) is 5.75 Å². The minimum Gasteiger partial charge on any atom is -0.489 e. The fourth-order valence-electron chi connectivity index (χ4n) is 4.01. The Morgan fingerprint density at radius 3 is 2.39 bits per heavy atom. The summed E-state index contributed by atoms with van der Waals surface area (Å²) in [4.78, 5) is 14.5. The van der Waals surface area contributed by atoms with Gasteiger partial charge < -0.3 is 9.64 Å². The second-order valence-corrected chi connectivity index (χ2v) is 11.1. The molecule has 1 aliphatic heterocycles. The molecule has 6 heteroatoms. The number of benzene rings is 2. The Kier molecular flexibility index (Phi) is 8.13. The minimum atomic E-state index is -3.07. The molecule has 0 radical (unpaired) electrons. The van der Waals surface area contributed by atoms with Gasteiger partial charge in [-0.2, -0.15) is 0 Å². The zero-order valence-electron chi connectivity index (χ0n) is 18.5. The van der Waals surface area contributed by atoms with E-state index in [1.165, 1.54) is 0 Å². The van der Waals surface area contributed by atoms with E-state index in [4.69, 9.17) is 4.74 Å². The number of ether oxygens (including phenoxy) is 1. The average molecular weight is 444 g/mol. The lowest BCUT2D eigenvalue weighted by molar-refractivity contribution is -0.132. The molecule has 1 heterocycles. The van der Waals surface area contributed by atoms with E-state index in [-0.39, 0.29) is 22.8 Å². The van der Waals surface area contributed by atoms with E-state index in [9.17, 15) is 13.2 Å². The van der Waals surface area contributed by atoms with Gasteiger partial charge in [0.05, 0.1) is 11.0 Å². The van der Waals surface area contributed by atoms with Crippen LogP contribution in [-0.4, -0.2) is 43.3 Å². The molecule has 0 spiro atoms. The Morgan fingerprint density at radius 2 is 1.71 bits per heavy atom. The smallest absolute Gasteiger partial charge is 0.222 e. The number of carbonyl (C=O) groups excluding carboxylic acids is 1. The maximum absolute atomic E-state index is 12.6. The summed E-state index contributed by atoms with van der Waals surface area (Å²) in [5, 5.41) is -0.308. The van der Waals surface area contributed by atoms with Crippen molar-refractivity contribution >= 4 is 15.7 Å². The van der Waals surface area contributed by atoms with Crippen molar-refractivity contribution in [3.05, 3.63) is 65.7 Å². The number of carbonyl (C=O) groups is 1. The normalized spacial score (nSPS) is 15.3. The number of amides is 1. The zero-order valence-corrected chi connectivity index (χ0v) is 19.3. The highest BCUT2D eigenvalue weighted by Gasteiger charge is 2.31. The topological polar surface area (TPSA) is 63.7 Å². The van der Waals surface area contributed by atoms with E-state index in [0.717, 1.165) is 16.9 Å². The molecule has 1 saturated heterocycles. The van der Waals surface area contributed by atoms with E-state index in [2.05, 4.69) is 0 Å². The van der Waals surface area contributed by atoms with Gasteiger partial charge in [0.2, 0.25) is 5.91 Å². The number of aryl methyl sites for hydroxylation is 1. The van der Waals surface area contributed by atoms with Crippen LogP contribution >= 0.6 is 0 Å². The van der Waals surface area contributed by atoms with Crippen molar-refractivity contribution in [3.63, 3.8) is 0 Å². The third-order valence-electron chi connectivity index (χ3n) is 5.64. The van der Waals surface area contributed by atoms with Gasteiger partial charge in [-0.25, -0.2) is 8.42 Å². The maximum Gasteiger partial charge on any atom is 0.222 e. The molecule has 168 valence electrons. The summed E-state index contributed by atoms with van der Waals surface area (Å²) < 4.78 is 30.8. The van der Waals surface area contributed by atoms with Crippen molar-refractivity contribution < 1.29 is 17.9 Å². The predicted molar refractivity (Wildman–Crippen MR) is 124 cm³/mol. The molecular weight excluding hydrogens is 410 g/mol. The van der Waals surface area contributed by atoms with Gasteiger partial charge in [-0.15, -0.1) is 0 Å².